The Labute approximate surface area is 142 Å². The molecule has 0 spiro atoms. The Balaban J connectivity index is 1.50. The minimum atomic E-state index is 0.0741. The largest absolute Gasteiger partial charge is 0.489 e. The van der Waals surface area contributed by atoms with Crippen molar-refractivity contribution in [3.63, 3.8) is 0 Å². The molecule has 122 valence electrons. The summed E-state index contributed by atoms with van der Waals surface area (Å²) in [5.74, 6) is 0.870. The van der Waals surface area contributed by atoms with Crippen LogP contribution in [0.1, 0.15) is 16.7 Å². The maximum Gasteiger partial charge on any atom is 0.119 e. The van der Waals surface area contributed by atoms with E-state index >= 15 is 0 Å². The van der Waals surface area contributed by atoms with Gasteiger partial charge in [-0.3, -0.25) is 0 Å². The molecule has 0 unspecified atom stereocenters. The van der Waals surface area contributed by atoms with Gasteiger partial charge in [0, 0.05) is 12.2 Å². The second kappa shape index (κ2) is 8.18. The molecule has 24 heavy (non-hydrogen) atoms. The number of nitrogens with one attached hydrogen (secondary N) is 1. The Kier molecular flexibility index (Phi) is 5.48. The topological polar surface area (TPSA) is 41.5 Å². The molecule has 0 radical (unpaired) electrons. The number of anilines is 1. The molecule has 0 bridgehead atoms. The average Bonchev–Trinajstić information content (AvgIpc) is 2.67. The van der Waals surface area contributed by atoms with Crippen LogP contribution < -0.4 is 10.1 Å². The second-order valence-corrected chi connectivity index (χ2v) is 5.63. The SMILES string of the molecule is OCc1ccc(NCc2ccc(OCc3ccccc3)cc2)cc1. The van der Waals surface area contributed by atoms with Gasteiger partial charge in [-0.2, -0.15) is 0 Å². The summed E-state index contributed by atoms with van der Waals surface area (Å²) < 4.78 is 5.79. The van der Waals surface area contributed by atoms with Crippen LogP contribution in [0.3, 0.4) is 0 Å². The van der Waals surface area contributed by atoms with Gasteiger partial charge < -0.3 is 15.2 Å². The van der Waals surface area contributed by atoms with Crippen molar-refractivity contribution in [2.75, 3.05) is 5.32 Å². The van der Waals surface area contributed by atoms with Gasteiger partial charge in [0.2, 0.25) is 0 Å². The number of hydrogen-bond acceptors (Lipinski definition) is 3. The molecule has 2 N–H and O–H groups in total. The maximum absolute atomic E-state index is 9.05. The molecule has 0 aliphatic heterocycles. The lowest BCUT2D eigenvalue weighted by molar-refractivity contribution is 0.282. The highest BCUT2D eigenvalue weighted by molar-refractivity contribution is 5.45. The van der Waals surface area contributed by atoms with E-state index in [1.807, 2.05) is 54.6 Å². The number of ether oxygens (including phenoxy) is 1. The molecule has 0 amide bonds. The molecule has 3 rings (SSSR count). The molecule has 3 heteroatoms. The van der Waals surface area contributed by atoms with Crippen molar-refractivity contribution in [1.82, 2.24) is 0 Å². The van der Waals surface area contributed by atoms with Gasteiger partial charge in [-0.05, 0) is 41.0 Å². The van der Waals surface area contributed by atoms with E-state index in [-0.39, 0.29) is 6.61 Å². The summed E-state index contributed by atoms with van der Waals surface area (Å²) in [6, 6.07) is 26.1. The van der Waals surface area contributed by atoms with Crippen molar-refractivity contribution in [2.45, 2.75) is 19.8 Å². The van der Waals surface area contributed by atoms with Crippen LogP contribution in [0.25, 0.3) is 0 Å². The minimum absolute atomic E-state index is 0.0741. The van der Waals surface area contributed by atoms with E-state index in [9.17, 15) is 0 Å². The van der Waals surface area contributed by atoms with Crippen LogP contribution in [0, 0.1) is 0 Å². The lowest BCUT2D eigenvalue weighted by Gasteiger charge is -2.09. The van der Waals surface area contributed by atoms with E-state index in [1.165, 1.54) is 5.56 Å². The first-order valence-electron chi connectivity index (χ1n) is 8.03. The molecule has 0 fully saturated rings. The minimum Gasteiger partial charge on any atom is -0.489 e. The summed E-state index contributed by atoms with van der Waals surface area (Å²) in [5.41, 5.74) is 4.31. The van der Waals surface area contributed by atoms with Crippen molar-refractivity contribution in [3.8, 4) is 5.75 Å². The first kappa shape index (κ1) is 16.1. The number of hydrogen-bond donors (Lipinski definition) is 2. The Morgan fingerprint density at radius 1 is 0.708 bits per heavy atom. The summed E-state index contributed by atoms with van der Waals surface area (Å²) in [7, 11) is 0. The maximum atomic E-state index is 9.05. The van der Waals surface area contributed by atoms with Crippen molar-refractivity contribution in [2.24, 2.45) is 0 Å². The summed E-state index contributed by atoms with van der Waals surface area (Å²) >= 11 is 0. The molecule has 0 atom stereocenters. The smallest absolute Gasteiger partial charge is 0.119 e. The Morgan fingerprint density at radius 3 is 2.04 bits per heavy atom. The third kappa shape index (κ3) is 4.61. The van der Waals surface area contributed by atoms with E-state index in [4.69, 9.17) is 9.84 Å². The Morgan fingerprint density at radius 2 is 1.38 bits per heavy atom. The van der Waals surface area contributed by atoms with Crippen LogP contribution >= 0.6 is 0 Å². The van der Waals surface area contributed by atoms with E-state index in [0.29, 0.717) is 6.61 Å². The fourth-order valence-corrected chi connectivity index (χ4v) is 2.38. The standard InChI is InChI=1S/C21H21NO2/c23-15-18-6-10-20(11-7-18)22-14-17-8-12-21(13-9-17)24-16-19-4-2-1-3-5-19/h1-13,22-23H,14-16H2. The molecule has 0 heterocycles. The highest BCUT2D eigenvalue weighted by Crippen LogP contribution is 2.16. The fourth-order valence-electron chi connectivity index (χ4n) is 2.38. The molecular formula is C21H21NO2. The van der Waals surface area contributed by atoms with Crippen molar-refractivity contribution >= 4 is 5.69 Å². The van der Waals surface area contributed by atoms with Gasteiger partial charge in [0.15, 0.2) is 0 Å². The van der Waals surface area contributed by atoms with E-state index < -0.39 is 0 Å². The van der Waals surface area contributed by atoms with Crippen molar-refractivity contribution < 1.29 is 9.84 Å². The van der Waals surface area contributed by atoms with Gasteiger partial charge in [-0.1, -0.05) is 54.6 Å². The lowest BCUT2D eigenvalue weighted by atomic mass is 10.2. The molecule has 3 aromatic rings. The molecule has 3 aromatic carbocycles. The predicted octanol–water partition coefficient (Wildman–Crippen LogP) is 4.37. The molecule has 0 aliphatic rings. The third-order valence-electron chi connectivity index (χ3n) is 3.80. The van der Waals surface area contributed by atoms with E-state index in [2.05, 4.69) is 29.6 Å². The van der Waals surface area contributed by atoms with Crippen LogP contribution in [0.4, 0.5) is 5.69 Å². The Bertz CT molecular complexity index is 737. The number of aliphatic hydroxyl groups is 1. The van der Waals surface area contributed by atoms with E-state index in [0.717, 1.165) is 29.1 Å². The van der Waals surface area contributed by atoms with Gasteiger partial charge in [-0.15, -0.1) is 0 Å². The summed E-state index contributed by atoms with van der Waals surface area (Å²) in [4.78, 5) is 0. The van der Waals surface area contributed by atoms with Crippen molar-refractivity contribution in [1.29, 1.82) is 0 Å². The van der Waals surface area contributed by atoms with Gasteiger partial charge in [0.05, 0.1) is 6.61 Å². The van der Waals surface area contributed by atoms with Crippen molar-refractivity contribution in [3.05, 3.63) is 95.6 Å². The first-order chi connectivity index (χ1) is 11.8. The predicted molar refractivity (Wildman–Crippen MR) is 96.9 cm³/mol. The molecule has 0 saturated carbocycles. The molecule has 0 saturated heterocycles. The van der Waals surface area contributed by atoms with Crippen LogP contribution in [0.5, 0.6) is 5.75 Å². The molecule has 0 aromatic heterocycles. The Hall–Kier alpha value is -2.78. The monoisotopic (exact) mass is 319 g/mol. The lowest BCUT2D eigenvalue weighted by Crippen LogP contribution is -2.00. The quantitative estimate of drug-likeness (QED) is 0.679. The van der Waals surface area contributed by atoms with Crippen LogP contribution in [-0.2, 0) is 19.8 Å². The highest BCUT2D eigenvalue weighted by Gasteiger charge is 1.98. The third-order valence-corrected chi connectivity index (χ3v) is 3.80. The first-order valence-corrected chi connectivity index (χ1v) is 8.03. The van der Waals surface area contributed by atoms with Gasteiger partial charge in [0.25, 0.3) is 0 Å². The van der Waals surface area contributed by atoms with Crippen LogP contribution in [0.15, 0.2) is 78.9 Å². The molecule has 0 aliphatic carbocycles. The number of rotatable bonds is 7. The second-order valence-electron chi connectivity index (χ2n) is 5.63. The van der Waals surface area contributed by atoms with Gasteiger partial charge in [0.1, 0.15) is 12.4 Å². The fraction of sp³-hybridized carbons (Fsp3) is 0.143. The zero-order chi connectivity index (χ0) is 16.6. The summed E-state index contributed by atoms with van der Waals surface area (Å²) in [6.45, 7) is 1.40. The van der Waals surface area contributed by atoms with Crippen LogP contribution in [-0.4, -0.2) is 5.11 Å². The zero-order valence-electron chi connectivity index (χ0n) is 13.5. The average molecular weight is 319 g/mol. The normalized spacial score (nSPS) is 10.4. The zero-order valence-corrected chi connectivity index (χ0v) is 13.5. The summed E-state index contributed by atoms with van der Waals surface area (Å²) in [5, 5.41) is 12.4. The van der Waals surface area contributed by atoms with Gasteiger partial charge >= 0.3 is 0 Å². The number of benzene rings is 3. The van der Waals surface area contributed by atoms with Crippen LogP contribution in [0.2, 0.25) is 0 Å². The highest BCUT2D eigenvalue weighted by atomic mass is 16.5. The summed E-state index contributed by atoms with van der Waals surface area (Å²) in [6.07, 6.45) is 0. The van der Waals surface area contributed by atoms with Gasteiger partial charge in [-0.25, -0.2) is 0 Å². The number of aliphatic hydroxyl groups excluding tert-OH is 1. The molecular weight excluding hydrogens is 298 g/mol. The van der Waals surface area contributed by atoms with E-state index in [1.54, 1.807) is 0 Å². The molecule has 3 nitrogen and oxygen atoms in total.